The Kier molecular flexibility index (Phi) is 4.74. The van der Waals surface area contributed by atoms with Crippen molar-refractivity contribution in [3.05, 3.63) is 23.0 Å². The zero-order valence-corrected chi connectivity index (χ0v) is 10.6. The van der Waals surface area contributed by atoms with E-state index in [1.165, 1.54) is 0 Å². The summed E-state index contributed by atoms with van der Waals surface area (Å²) in [4.78, 5) is 4.43. The Labute approximate surface area is 97.5 Å². The second-order valence-corrected chi connectivity index (χ2v) is 4.37. The second kappa shape index (κ2) is 5.85. The van der Waals surface area contributed by atoms with Crippen molar-refractivity contribution in [3.8, 4) is 5.75 Å². The van der Waals surface area contributed by atoms with Gasteiger partial charge in [-0.2, -0.15) is 0 Å². The highest BCUT2D eigenvalue weighted by molar-refractivity contribution is 5.41. The zero-order chi connectivity index (χ0) is 12.1. The Hall–Kier alpha value is -1.09. The Morgan fingerprint density at radius 2 is 2.12 bits per heavy atom. The van der Waals surface area contributed by atoms with Crippen molar-refractivity contribution in [3.63, 3.8) is 0 Å². The van der Waals surface area contributed by atoms with E-state index in [4.69, 9.17) is 9.84 Å². The molecule has 0 aliphatic heterocycles. The van der Waals surface area contributed by atoms with Crippen LogP contribution in [0.25, 0.3) is 0 Å². The second-order valence-electron chi connectivity index (χ2n) is 4.37. The van der Waals surface area contributed by atoms with Crippen LogP contribution in [0.1, 0.15) is 30.2 Å². The van der Waals surface area contributed by atoms with E-state index in [2.05, 4.69) is 4.98 Å². The monoisotopic (exact) mass is 223 g/mol. The number of hydrogen-bond acceptors (Lipinski definition) is 3. The number of aromatic nitrogens is 1. The van der Waals surface area contributed by atoms with Gasteiger partial charge in [0.2, 0.25) is 0 Å². The van der Waals surface area contributed by atoms with Crippen LogP contribution in [0.4, 0.5) is 0 Å². The summed E-state index contributed by atoms with van der Waals surface area (Å²) >= 11 is 0. The molecule has 0 saturated heterocycles. The van der Waals surface area contributed by atoms with Crippen LogP contribution in [-0.4, -0.2) is 23.8 Å². The fraction of sp³-hybridized carbons (Fsp3) is 0.615. The van der Waals surface area contributed by atoms with Gasteiger partial charge in [0.1, 0.15) is 5.75 Å². The molecular formula is C13H21NO2. The van der Waals surface area contributed by atoms with Gasteiger partial charge in [-0.05, 0) is 32.6 Å². The highest BCUT2D eigenvalue weighted by Crippen LogP contribution is 2.25. The van der Waals surface area contributed by atoms with Gasteiger partial charge in [-0.1, -0.05) is 6.92 Å². The number of aliphatic hydroxyl groups is 1. The van der Waals surface area contributed by atoms with Crippen molar-refractivity contribution < 1.29 is 9.84 Å². The van der Waals surface area contributed by atoms with Gasteiger partial charge in [0.25, 0.3) is 0 Å². The SMILES string of the molecule is COc1c(C)cnc(CCC(C)CO)c1C. The summed E-state index contributed by atoms with van der Waals surface area (Å²) in [6, 6.07) is 0. The molecule has 90 valence electrons. The molecule has 1 atom stereocenters. The molecule has 0 radical (unpaired) electrons. The largest absolute Gasteiger partial charge is 0.496 e. The van der Waals surface area contributed by atoms with Crippen molar-refractivity contribution in [1.82, 2.24) is 4.98 Å². The molecule has 0 aliphatic carbocycles. The summed E-state index contributed by atoms with van der Waals surface area (Å²) < 4.78 is 5.36. The molecule has 16 heavy (non-hydrogen) atoms. The minimum atomic E-state index is 0.238. The number of pyridine rings is 1. The van der Waals surface area contributed by atoms with Gasteiger partial charge in [-0.25, -0.2) is 0 Å². The predicted octanol–water partition coefficient (Wildman–Crippen LogP) is 2.27. The molecule has 1 aromatic heterocycles. The van der Waals surface area contributed by atoms with Crippen LogP contribution in [-0.2, 0) is 6.42 Å². The first-order chi connectivity index (χ1) is 7.60. The van der Waals surface area contributed by atoms with E-state index in [1.807, 2.05) is 27.0 Å². The first-order valence-electron chi connectivity index (χ1n) is 5.70. The lowest BCUT2D eigenvalue weighted by Crippen LogP contribution is -2.05. The average Bonchev–Trinajstić information content (AvgIpc) is 2.28. The van der Waals surface area contributed by atoms with Gasteiger partial charge < -0.3 is 9.84 Å². The fourth-order valence-corrected chi connectivity index (χ4v) is 1.80. The maximum atomic E-state index is 8.98. The topological polar surface area (TPSA) is 42.4 Å². The summed E-state index contributed by atoms with van der Waals surface area (Å²) in [5.41, 5.74) is 3.26. The third-order valence-electron chi connectivity index (χ3n) is 2.94. The summed E-state index contributed by atoms with van der Waals surface area (Å²) in [6.45, 7) is 6.32. The van der Waals surface area contributed by atoms with Crippen LogP contribution in [0.5, 0.6) is 5.75 Å². The van der Waals surface area contributed by atoms with Crippen molar-refractivity contribution in [2.45, 2.75) is 33.6 Å². The van der Waals surface area contributed by atoms with Gasteiger partial charge in [0, 0.05) is 29.6 Å². The van der Waals surface area contributed by atoms with Crippen molar-refractivity contribution >= 4 is 0 Å². The lowest BCUT2D eigenvalue weighted by Gasteiger charge is -2.13. The number of aliphatic hydroxyl groups excluding tert-OH is 1. The van der Waals surface area contributed by atoms with Crippen LogP contribution in [0, 0.1) is 19.8 Å². The summed E-state index contributed by atoms with van der Waals surface area (Å²) in [5.74, 6) is 1.26. The first kappa shape index (κ1) is 13.0. The van der Waals surface area contributed by atoms with Gasteiger partial charge >= 0.3 is 0 Å². The van der Waals surface area contributed by atoms with Crippen LogP contribution >= 0.6 is 0 Å². The quantitative estimate of drug-likeness (QED) is 0.832. The van der Waals surface area contributed by atoms with E-state index in [0.717, 1.165) is 35.4 Å². The highest BCUT2D eigenvalue weighted by Gasteiger charge is 2.10. The van der Waals surface area contributed by atoms with Crippen molar-refractivity contribution in [2.24, 2.45) is 5.92 Å². The number of ether oxygens (including phenoxy) is 1. The third kappa shape index (κ3) is 2.95. The van der Waals surface area contributed by atoms with E-state index >= 15 is 0 Å². The highest BCUT2D eigenvalue weighted by atomic mass is 16.5. The molecule has 3 heteroatoms. The van der Waals surface area contributed by atoms with Gasteiger partial charge in [-0.3, -0.25) is 4.98 Å². The van der Waals surface area contributed by atoms with Gasteiger partial charge in [0.15, 0.2) is 0 Å². The van der Waals surface area contributed by atoms with E-state index < -0.39 is 0 Å². The van der Waals surface area contributed by atoms with Crippen LogP contribution in [0.3, 0.4) is 0 Å². The molecule has 3 nitrogen and oxygen atoms in total. The Morgan fingerprint density at radius 1 is 1.44 bits per heavy atom. The number of nitrogens with zero attached hydrogens (tertiary/aromatic N) is 1. The molecule has 0 aromatic carbocycles. The summed E-state index contributed by atoms with van der Waals surface area (Å²) in [7, 11) is 1.69. The fourth-order valence-electron chi connectivity index (χ4n) is 1.80. The molecule has 0 saturated carbocycles. The Balaban J connectivity index is 2.81. The molecule has 0 fully saturated rings. The number of methoxy groups -OCH3 is 1. The normalized spacial score (nSPS) is 12.6. The van der Waals surface area contributed by atoms with Crippen LogP contribution in [0.15, 0.2) is 6.20 Å². The molecular weight excluding hydrogens is 202 g/mol. The minimum absolute atomic E-state index is 0.238. The van der Waals surface area contributed by atoms with E-state index in [0.29, 0.717) is 5.92 Å². The van der Waals surface area contributed by atoms with Crippen LogP contribution < -0.4 is 4.74 Å². The maximum Gasteiger partial charge on any atom is 0.128 e. The predicted molar refractivity (Wildman–Crippen MR) is 64.8 cm³/mol. The summed E-state index contributed by atoms with van der Waals surface area (Å²) in [5, 5.41) is 8.98. The molecule has 1 unspecified atom stereocenters. The average molecular weight is 223 g/mol. The molecule has 0 aliphatic rings. The van der Waals surface area contributed by atoms with Crippen LogP contribution in [0.2, 0.25) is 0 Å². The molecule has 1 rings (SSSR count). The molecule has 0 bridgehead atoms. The minimum Gasteiger partial charge on any atom is -0.496 e. The van der Waals surface area contributed by atoms with Gasteiger partial charge in [0.05, 0.1) is 7.11 Å². The molecule has 0 amide bonds. The molecule has 1 heterocycles. The Morgan fingerprint density at radius 3 is 2.69 bits per heavy atom. The van der Waals surface area contributed by atoms with E-state index in [-0.39, 0.29) is 6.61 Å². The Bertz CT molecular complexity index is 350. The first-order valence-corrected chi connectivity index (χ1v) is 5.70. The zero-order valence-electron chi connectivity index (χ0n) is 10.6. The van der Waals surface area contributed by atoms with Crippen molar-refractivity contribution in [1.29, 1.82) is 0 Å². The third-order valence-corrected chi connectivity index (χ3v) is 2.94. The maximum absolute atomic E-state index is 8.98. The van der Waals surface area contributed by atoms with Gasteiger partial charge in [-0.15, -0.1) is 0 Å². The lowest BCUT2D eigenvalue weighted by atomic mass is 10.0. The smallest absolute Gasteiger partial charge is 0.128 e. The molecule has 1 aromatic rings. The van der Waals surface area contributed by atoms with E-state index in [9.17, 15) is 0 Å². The summed E-state index contributed by atoms with van der Waals surface area (Å²) in [6.07, 6.45) is 3.70. The molecule has 1 N–H and O–H groups in total. The standard InChI is InChI=1S/C13H21NO2/c1-9(8-15)5-6-12-11(3)13(16-4)10(2)7-14-12/h7,9,15H,5-6,8H2,1-4H3. The number of hydrogen-bond donors (Lipinski definition) is 1. The van der Waals surface area contributed by atoms with Crippen molar-refractivity contribution in [2.75, 3.05) is 13.7 Å². The molecule has 0 spiro atoms. The number of rotatable bonds is 5. The van der Waals surface area contributed by atoms with E-state index in [1.54, 1.807) is 7.11 Å². The number of aryl methyl sites for hydroxylation is 2. The lowest BCUT2D eigenvalue weighted by molar-refractivity contribution is 0.230.